The fraction of sp³-hybridized carbons (Fsp3) is 0.316. The van der Waals surface area contributed by atoms with Crippen molar-refractivity contribution in [1.82, 2.24) is 9.91 Å². The highest BCUT2D eigenvalue weighted by molar-refractivity contribution is 6.30. The van der Waals surface area contributed by atoms with Crippen LogP contribution in [-0.2, 0) is 24.6 Å². The number of methoxy groups -OCH3 is 2. The molecule has 0 unspecified atom stereocenters. The summed E-state index contributed by atoms with van der Waals surface area (Å²) < 4.78 is 24.6. The summed E-state index contributed by atoms with van der Waals surface area (Å²) >= 11 is 6.33. The van der Waals surface area contributed by atoms with Gasteiger partial charge in [-0.1, -0.05) is 47.5 Å². The quantitative estimate of drug-likeness (QED) is 0.225. The van der Waals surface area contributed by atoms with Gasteiger partial charge >= 0.3 is 0 Å². The lowest BCUT2D eigenvalue weighted by molar-refractivity contribution is -0.141. The van der Waals surface area contributed by atoms with Crippen LogP contribution in [0.2, 0.25) is 5.02 Å². The van der Waals surface area contributed by atoms with Gasteiger partial charge < -0.3 is 14.6 Å². The molecule has 2 aliphatic carbocycles. The molecule has 50 heavy (non-hydrogen) atoms. The number of allylic oxidation sites excluding steroid dienone is 3. The fourth-order valence-electron chi connectivity index (χ4n) is 8.50. The number of hydrogen-bond acceptors (Lipinski definition) is 8. The van der Waals surface area contributed by atoms with Crippen molar-refractivity contribution >= 4 is 47.0 Å². The maximum atomic E-state index is 15.1. The Bertz CT molecular complexity index is 1940. The average molecular weight is 700 g/mol. The first-order chi connectivity index (χ1) is 24.0. The number of likely N-dealkylation sites (tertiary alicyclic amines) is 1. The first kappa shape index (κ1) is 33.3. The minimum atomic E-state index is -1.50. The standard InChI is InChI=1S/C38H35ClFN3O7/c1-4-42-34(45)26-15-14-25-27(32(26)36(42)47)19-29-35(46)43(41-24-12-10-23(40)11-13-24)37(48)38(29,21-6-8-22(39)9-7-21)28(25)16-5-20-17-30(49-2)33(44)31(18-20)50-3/h5-14,16-18,26-29,32,41,44H,4,15,19H2,1-3H3/t26-,27+,28-,29-,32-,38-/m0/s1. The summed E-state index contributed by atoms with van der Waals surface area (Å²) in [5.74, 6) is -5.31. The average Bonchev–Trinajstić information content (AvgIpc) is 3.49. The highest BCUT2D eigenvalue weighted by Gasteiger charge is 2.69. The first-order valence-corrected chi connectivity index (χ1v) is 16.8. The van der Waals surface area contributed by atoms with Crippen molar-refractivity contribution < 1.29 is 38.1 Å². The number of phenolic OH excluding ortho intramolecular Hbond substituents is 1. The minimum absolute atomic E-state index is 0.142. The van der Waals surface area contributed by atoms with E-state index in [0.717, 1.165) is 10.6 Å². The molecule has 1 saturated carbocycles. The Morgan fingerprint density at radius 3 is 2.24 bits per heavy atom. The Morgan fingerprint density at radius 1 is 0.960 bits per heavy atom. The number of carbonyl (C=O) groups is 4. The van der Waals surface area contributed by atoms with E-state index in [1.165, 1.54) is 43.4 Å². The lowest BCUT2D eigenvalue weighted by atomic mass is 9.50. The van der Waals surface area contributed by atoms with Crippen molar-refractivity contribution in [3.63, 3.8) is 0 Å². The van der Waals surface area contributed by atoms with Crippen LogP contribution in [0.5, 0.6) is 17.2 Å². The zero-order chi connectivity index (χ0) is 35.5. The molecule has 10 nitrogen and oxygen atoms in total. The van der Waals surface area contributed by atoms with Crippen LogP contribution >= 0.6 is 11.6 Å². The van der Waals surface area contributed by atoms with E-state index in [4.69, 9.17) is 21.1 Å². The predicted molar refractivity (Wildman–Crippen MR) is 182 cm³/mol. The number of nitrogens with zero attached hydrogens (tertiary/aromatic N) is 2. The molecule has 0 spiro atoms. The van der Waals surface area contributed by atoms with E-state index in [9.17, 15) is 23.9 Å². The number of hydrogen-bond donors (Lipinski definition) is 2. The number of fused-ring (bicyclic) bond motifs is 4. The van der Waals surface area contributed by atoms with Gasteiger partial charge in [-0.3, -0.25) is 29.5 Å². The molecule has 2 saturated heterocycles. The zero-order valence-corrected chi connectivity index (χ0v) is 28.3. The van der Waals surface area contributed by atoms with E-state index < -0.39 is 52.6 Å². The first-order valence-electron chi connectivity index (χ1n) is 16.4. The highest BCUT2D eigenvalue weighted by atomic mass is 35.5. The smallest absolute Gasteiger partial charge is 0.260 e. The summed E-state index contributed by atoms with van der Waals surface area (Å²) in [6.07, 6.45) is 6.03. The minimum Gasteiger partial charge on any atom is -0.502 e. The molecule has 6 atom stereocenters. The van der Waals surface area contributed by atoms with E-state index >= 15 is 4.79 Å². The van der Waals surface area contributed by atoms with Gasteiger partial charge in [-0.15, -0.1) is 0 Å². The monoisotopic (exact) mass is 699 g/mol. The third-order valence-corrected chi connectivity index (χ3v) is 11.0. The molecule has 0 radical (unpaired) electrons. The Kier molecular flexibility index (Phi) is 8.42. The number of imide groups is 2. The molecule has 0 aromatic heterocycles. The van der Waals surface area contributed by atoms with Crippen molar-refractivity contribution in [2.45, 2.75) is 25.2 Å². The third-order valence-electron chi connectivity index (χ3n) is 10.7. The lowest BCUT2D eigenvalue weighted by Gasteiger charge is -2.49. The lowest BCUT2D eigenvalue weighted by Crippen LogP contribution is -2.54. The molecular weight excluding hydrogens is 665 g/mol. The van der Waals surface area contributed by atoms with E-state index in [1.807, 2.05) is 12.2 Å². The number of carbonyl (C=O) groups excluding carboxylic acids is 4. The summed E-state index contributed by atoms with van der Waals surface area (Å²) in [6.45, 7) is 2.00. The van der Waals surface area contributed by atoms with Crippen LogP contribution in [-0.4, -0.2) is 59.4 Å². The topological polar surface area (TPSA) is 125 Å². The molecule has 12 heteroatoms. The fourth-order valence-corrected chi connectivity index (χ4v) is 8.62. The van der Waals surface area contributed by atoms with Gasteiger partial charge in [-0.25, -0.2) is 4.39 Å². The van der Waals surface area contributed by atoms with E-state index in [-0.39, 0.29) is 42.0 Å². The van der Waals surface area contributed by atoms with Crippen molar-refractivity contribution in [2.24, 2.45) is 29.6 Å². The SMILES string of the molecule is CCN1C(=O)[C@H]2[C@H](CC=C3[C@H]2C[C@H]2C(=O)N(Nc4ccc(F)cc4)C(=O)[C@@]2(c2ccc(Cl)cc2)[C@H]3C=Cc2cc(OC)c(O)c(OC)c2)C1=O. The number of amides is 4. The van der Waals surface area contributed by atoms with Crippen molar-refractivity contribution in [3.05, 3.63) is 100 Å². The van der Waals surface area contributed by atoms with Crippen LogP contribution in [0.25, 0.3) is 6.08 Å². The van der Waals surface area contributed by atoms with Crippen molar-refractivity contribution in [3.8, 4) is 17.2 Å². The van der Waals surface area contributed by atoms with E-state index in [0.29, 0.717) is 28.3 Å². The number of halogens is 2. The number of benzene rings is 3. The van der Waals surface area contributed by atoms with Gasteiger partial charge in [0, 0.05) is 17.5 Å². The molecule has 4 aliphatic rings. The van der Waals surface area contributed by atoms with Gasteiger partial charge in [0.15, 0.2) is 11.5 Å². The molecule has 4 amide bonds. The molecule has 0 bridgehead atoms. The predicted octanol–water partition coefficient (Wildman–Crippen LogP) is 5.75. The summed E-state index contributed by atoms with van der Waals surface area (Å²) in [6, 6.07) is 15.4. The van der Waals surface area contributed by atoms with Gasteiger partial charge in [0.2, 0.25) is 17.6 Å². The van der Waals surface area contributed by atoms with Crippen molar-refractivity contribution in [1.29, 1.82) is 0 Å². The molecular formula is C38H35ClFN3O7. The maximum absolute atomic E-state index is 15.1. The molecule has 3 fully saturated rings. The van der Waals surface area contributed by atoms with Crippen LogP contribution in [0, 0.1) is 35.4 Å². The van der Waals surface area contributed by atoms with Gasteiger partial charge in [-0.05, 0) is 85.3 Å². The molecule has 2 aliphatic heterocycles. The Hall–Kier alpha value is -5.16. The normalized spacial score (nSPS) is 27.3. The third kappa shape index (κ3) is 4.97. The van der Waals surface area contributed by atoms with Gasteiger partial charge in [0.25, 0.3) is 11.8 Å². The molecule has 3 aromatic rings. The van der Waals surface area contributed by atoms with Crippen molar-refractivity contribution in [2.75, 3.05) is 26.2 Å². The van der Waals surface area contributed by atoms with E-state index in [1.54, 1.807) is 49.4 Å². The summed E-state index contributed by atoms with van der Waals surface area (Å²) in [5.41, 5.74) is 3.68. The van der Waals surface area contributed by atoms with Crippen LogP contribution < -0.4 is 14.9 Å². The summed E-state index contributed by atoms with van der Waals surface area (Å²) in [4.78, 5) is 58.2. The van der Waals surface area contributed by atoms with Crippen LogP contribution in [0.3, 0.4) is 0 Å². The number of anilines is 1. The Labute approximate surface area is 293 Å². The number of phenols is 1. The number of nitrogens with one attached hydrogen (secondary N) is 1. The second-order valence-electron chi connectivity index (χ2n) is 13.0. The van der Waals surface area contributed by atoms with Gasteiger partial charge in [0.05, 0.1) is 43.1 Å². The zero-order valence-electron chi connectivity index (χ0n) is 27.6. The Balaban J connectivity index is 1.44. The molecule has 7 rings (SSSR count). The van der Waals surface area contributed by atoms with Gasteiger partial charge in [-0.2, -0.15) is 5.01 Å². The summed E-state index contributed by atoms with van der Waals surface area (Å²) in [7, 11) is 2.84. The number of rotatable bonds is 8. The Morgan fingerprint density at radius 2 is 1.62 bits per heavy atom. The molecule has 258 valence electrons. The van der Waals surface area contributed by atoms with Crippen LogP contribution in [0.1, 0.15) is 30.9 Å². The van der Waals surface area contributed by atoms with Crippen LogP contribution in [0.4, 0.5) is 10.1 Å². The number of hydrazine groups is 1. The number of ether oxygens (including phenoxy) is 2. The second-order valence-corrected chi connectivity index (χ2v) is 13.4. The second kappa shape index (κ2) is 12.6. The maximum Gasteiger partial charge on any atom is 0.260 e. The molecule has 2 N–H and O–H groups in total. The summed E-state index contributed by atoms with van der Waals surface area (Å²) in [5, 5.41) is 12.0. The van der Waals surface area contributed by atoms with Gasteiger partial charge in [0.1, 0.15) is 5.82 Å². The number of aromatic hydroxyl groups is 1. The highest BCUT2D eigenvalue weighted by Crippen LogP contribution is 2.61. The molecule has 3 aromatic carbocycles. The van der Waals surface area contributed by atoms with Crippen LogP contribution in [0.15, 0.2) is 78.4 Å². The van der Waals surface area contributed by atoms with E-state index in [2.05, 4.69) is 5.43 Å². The largest absolute Gasteiger partial charge is 0.502 e. The molecule has 2 heterocycles.